The Morgan fingerprint density at radius 3 is 2.22 bits per heavy atom. The third kappa shape index (κ3) is 4.67. The standard InChI is InChI=1S/C15H26N2O/c1-4-15(13-7-9-14(18)10-8-13)16-11-12-17(5-2)6-3/h7-10,15-16,18H,4-6,11-12H2,1-3H3. The van der Waals surface area contributed by atoms with Gasteiger partial charge in [0.2, 0.25) is 0 Å². The molecule has 0 radical (unpaired) electrons. The van der Waals surface area contributed by atoms with Crippen molar-refractivity contribution in [2.75, 3.05) is 26.2 Å². The predicted octanol–water partition coefficient (Wildman–Crippen LogP) is 2.77. The zero-order valence-corrected chi connectivity index (χ0v) is 11.8. The Morgan fingerprint density at radius 2 is 1.72 bits per heavy atom. The minimum absolute atomic E-state index is 0.330. The van der Waals surface area contributed by atoms with Crippen LogP contribution in [0.5, 0.6) is 5.75 Å². The average molecular weight is 250 g/mol. The van der Waals surface area contributed by atoms with Gasteiger partial charge in [-0.1, -0.05) is 32.9 Å². The van der Waals surface area contributed by atoms with Crippen LogP contribution in [0.15, 0.2) is 24.3 Å². The summed E-state index contributed by atoms with van der Waals surface area (Å²) in [5, 5.41) is 12.9. The Kier molecular flexibility index (Phi) is 6.76. The van der Waals surface area contributed by atoms with Gasteiger partial charge in [0.1, 0.15) is 5.75 Å². The zero-order chi connectivity index (χ0) is 13.4. The van der Waals surface area contributed by atoms with Gasteiger partial charge in [0.15, 0.2) is 0 Å². The second-order valence-corrected chi connectivity index (χ2v) is 4.53. The number of nitrogens with one attached hydrogen (secondary N) is 1. The van der Waals surface area contributed by atoms with E-state index in [1.807, 2.05) is 12.1 Å². The second-order valence-electron chi connectivity index (χ2n) is 4.53. The Morgan fingerprint density at radius 1 is 1.11 bits per heavy atom. The minimum Gasteiger partial charge on any atom is -0.508 e. The molecule has 1 aromatic rings. The van der Waals surface area contributed by atoms with Crippen LogP contribution in [-0.2, 0) is 0 Å². The first kappa shape index (κ1) is 15.0. The highest BCUT2D eigenvalue weighted by molar-refractivity contribution is 5.27. The summed E-state index contributed by atoms with van der Waals surface area (Å²) in [6.07, 6.45) is 1.06. The molecule has 0 saturated carbocycles. The van der Waals surface area contributed by atoms with Crippen LogP contribution >= 0.6 is 0 Å². The fourth-order valence-electron chi connectivity index (χ4n) is 2.14. The smallest absolute Gasteiger partial charge is 0.115 e. The van der Waals surface area contributed by atoms with Crippen LogP contribution < -0.4 is 5.32 Å². The quantitative estimate of drug-likeness (QED) is 0.744. The molecule has 18 heavy (non-hydrogen) atoms. The van der Waals surface area contributed by atoms with Gasteiger partial charge < -0.3 is 15.3 Å². The lowest BCUT2D eigenvalue weighted by Gasteiger charge is -2.22. The fourth-order valence-corrected chi connectivity index (χ4v) is 2.14. The summed E-state index contributed by atoms with van der Waals surface area (Å²) in [7, 11) is 0. The maximum Gasteiger partial charge on any atom is 0.115 e. The van der Waals surface area contributed by atoms with E-state index in [1.165, 1.54) is 5.56 Å². The number of rotatable bonds is 8. The summed E-state index contributed by atoms with van der Waals surface area (Å²) in [5.41, 5.74) is 1.25. The number of hydrogen-bond donors (Lipinski definition) is 2. The van der Waals surface area contributed by atoms with Crippen LogP contribution in [0.1, 0.15) is 38.8 Å². The molecule has 102 valence electrons. The molecule has 0 fully saturated rings. The van der Waals surface area contributed by atoms with Crippen LogP contribution in [0, 0.1) is 0 Å². The molecule has 2 N–H and O–H groups in total. The summed E-state index contributed by atoms with van der Waals surface area (Å²) in [6, 6.07) is 7.87. The van der Waals surface area contributed by atoms with Crippen LogP contribution in [-0.4, -0.2) is 36.2 Å². The molecule has 1 atom stereocenters. The molecule has 0 amide bonds. The van der Waals surface area contributed by atoms with Gasteiger partial charge in [-0.25, -0.2) is 0 Å². The van der Waals surface area contributed by atoms with E-state index < -0.39 is 0 Å². The Labute approximate surface area is 111 Å². The largest absolute Gasteiger partial charge is 0.508 e. The van der Waals surface area contributed by atoms with E-state index in [4.69, 9.17) is 0 Å². The predicted molar refractivity (Wildman–Crippen MR) is 76.9 cm³/mol. The van der Waals surface area contributed by atoms with Crippen LogP contribution in [0.25, 0.3) is 0 Å². The molecule has 1 rings (SSSR count). The average Bonchev–Trinajstić information content (AvgIpc) is 2.41. The van der Waals surface area contributed by atoms with Crippen LogP contribution in [0.2, 0.25) is 0 Å². The van der Waals surface area contributed by atoms with Crippen molar-refractivity contribution in [1.29, 1.82) is 0 Å². The molecule has 0 saturated heterocycles. The van der Waals surface area contributed by atoms with E-state index in [0.717, 1.165) is 32.6 Å². The van der Waals surface area contributed by atoms with Crippen LogP contribution in [0.3, 0.4) is 0 Å². The van der Waals surface area contributed by atoms with Gasteiger partial charge in [-0.2, -0.15) is 0 Å². The maximum atomic E-state index is 9.30. The highest BCUT2D eigenvalue weighted by atomic mass is 16.3. The van der Waals surface area contributed by atoms with Crippen molar-refractivity contribution in [1.82, 2.24) is 10.2 Å². The van der Waals surface area contributed by atoms with E-state index in [9.17, 15) is 5.11 Å². The highest BCUT2D eigenvalue weighted by Gasteiger charge is 2.08. The molecular weight excluding hydrogens is 224 g/mol. The van der Waals surface area contributed by atoms with E-state index >= 15 is 0 Å². The molecule has 0 aliphatic carbocycles. The fraction of sp³-hybridized carbons (Fsp3) is 0.600. The number of aromatic hydroxyl groups is 1. The second kappa shape index (κ2) is 8.11. The molecular formula is C15H26N2O. The lowest BCUT2D eigenvalue weighted by atomic mass is 10.0. The Balaban J connectivity index is 2.44. The molecule has 0 heterocycles. The first-order valence-corrected chi connectivity index (χ1v) is 6.95. The number of phenolic OH excluding ortho intramolecular Hbond substituents is 1. The SMILES string of the molecule is CCC(NCCN(CC)CC)c1ccc(O)cc1. The molecule has 0 aliphatic rings. The van der Waals surface area contributed by atoms with Gasteiger partial charge >= 0.3 is 0 Å². The van der Waals surface area contributed by atoms with Crippen molar-refractivity contribution in [3.8, 4) is 5.75 Å². The number of benzene rings is 1. The highest BCUT2D eigenvalue weighted by Crippen LogP contribution is 2.19. The van der Waals surface area contributed by atoms with Gasteiger partial charge in [-0.3, -0.25) is 0 Å². The zero-order valence-electron chi connectivity index (χ0n) is 11.8. The lowest BCUT2D eigenvalue weighted by molar-refractivity contribution is 0.295. The Bertz CT molecular complexity index is 320. The monoisotopic (exact) mass is 250 g/mol. The lowest BCUT2D eigenvalue weighted by Crippen LogP contribution is -2.33. The number of likely N-dealkylation sites (N-methyl/N-ethyl adjacent to an activating group) is 1. The molecule has 0 aliphatic heterocycles. The molecule has 3 nitrogen and oxygen atoms in total. The van der Waals surface area contributed by atoms with Gasteiger partial charge in [0.25, 0.3) is 0 Å². The molecule has 0 aromatic heterocycles. The summed E-state index contributed by atoms with van der Waals surface area (Å²) < 4.78 is 0. The van der Waals surface area contributed by atoms with Crippen molar-refractivity contribution in [2.24, 2.45) is 0 Å². The van der Waals surface area contributed by atoms with E-state index in [1.54, 1.807) is 12.1 Å². The van der Waals surface area contributed by atoms with Crippen molar-refractivity contribution in [3.63, 3.8) is 0 Å². The van der Waals surface area contributed by atoms with Gasteiger partial charge in [-0.05, 0) is 37.2 Å². The normalized spacial score (nSPS) is 12.9. The van der Waals surface area contributed by atoms with Gasteiger partial charge in [-0.15, -0.1) is 0 Å². The minimum atomic E-state index is 0.330. The number of hydrogen-bond acceptors (Lipinski definition) is 3. The van der Waals surface area contributed by atoms with E-state index in [-0.39, 0.29) is 0 Å². The van der Waals surface area contributed by atoms with Crippen molar-refractivity contribution < 1.29 is 5.11 Å². The van der Waals surface area contributed by atoms with Crippen LogP contribution in [0.4, 0.5) is 0 Å². The molecule has 0 spiro atoms. The number of phenols is 1. The molecule has 3 heteroatoms. The third-order valence-electron chi connectivity index (χ3n) is 3.42. The molecule has 1 aromatic carbocycles. The summed E-state index contributed by atoms with van der Waals surface area (Å²) in [6.45, 7) is 10.9. The van der Waals surface area contributed by atoms with Gasteiger partial charge in [0, 0.05) is 19.1 Å². The third-order valence-corrected chi connectivity index (χ3v) is 3.42. The van der Waals surface area contributed by atoms with E-state index in [0.29, 0.717) is 11.8 Å². The summed E-state index contributed by atoms with van der Waals surface area (Å²) in [5.74, 6) is 0.330. The van der Waals surface area contributed by atoms with Crippen molar-refractivity contribution in [3.05, 3.63) is 29.8 Å². The topological polar surface area (TPSA) is 35.5 Å². The summed E-state index contributed by atoms with van der Waals surface area (Å²) >= 11 is 0. The van der Waals surface area contributed by atoms with Crippen molar-refractivity contribution in [2.45, 2.75) is 33.2 Å². The van der Waals surface area contributed by atoms with E-state index in [2.05, 4.69) is 31.0 Å². The first-order chi connectivity index (χ1) is 8.71. The first-order valence-electron chi connectivity index (χ1n) is 6.95. The summed E-state index contributed by atoms with van der Waals surface area (Å²) in [4.78, 5) is 2.41. The number of nitrogens with zero attached hydrogens (tertiary/aromatic N) is 1. The van der Waals surface area contributed by atoms with Crippen molar-refractivity contribution >= 4 is 0 Å². The Hall–Kier alpha value is -1.06. The molecule has 1 unspecified atom stereocenters. The molecule has 0 bridgehead atoms. The van der Waals surface area contributed by atoms with Gasteiger partial charge in [0.05, 0.1) is 0 Å². The maximum absolute atomic E-state index is 9.30.